The maximum absolute atomic E-state index is 13.5. The molecule has 0 unspecified atom stereocenters. The molecule has 1 amide bonds. The van der Waals surface area contributed by atoms with Crippen LogP contribution in [0.15, 0.2) is 48.5 Å². The number of methoxy groups -OCH3 is 1. The summed E-state index contributed by atoms with van der Waals surface area (Å²) in [4.78, 5) is 13.6. The summed E-state index contributed by atoms with van der Waals surface area (Å²) >= 11 is 5.76. The molecule has 3 rings (SSSR count). The van der Waals surface area contributed by atoms with Crippen molar-refractivity contribution in [3.05, 3.63) is 59.1 Å². The molecule has 1 saturated heterocycles. The number of carbonyl (C=O) groups excluding carboxylic acids is 1. The van der Waals surface area contributed by atoms with E-state index in [1.54, 1.807) is 23.1 Å². The lowest BCUT2D eigenvalue weighted by Gasteiger charge is -2.35. The molecule has 0 aromatic heterocycles. The number of alkyl halides is 3. The molecular formula is C21H22ClF3N2O4. The van der Waals surface area contributed by atoms with E-state index in [1.807, 2.05) is 6.07 Å². The number of ether oxygens (including phenoxy) is 3. The molecular weight excluding hydrogens is 437 g/mol. The van der Waals surface area contributed by atoms with Gasteiger partial charge >= 0.3 is 12.3 Å². The lowest BCUT2D eigenvalue weighted by atomic mass is 10.1. The molecule has 2 aromatic rings. The van der Waals surface area contributed by atoms with Crippen molar-refractivity contribution in [2.45, 2.75) is 18.4 Å². The molecule has 0 saturated carbocycles. The molecule has 0 bridgehead atoms. The summed E-state index contributed by atoms with van der Waals surface area (Å²) in [6, 6.07) is 13.1. The van der Waals surface area contributed by atoms with Crippen LogP contribution in [0.4, 0.5) is 23.7 Å². The zero-order valence-corrected chi connectivity index (χ0v) is 17.4. The highest BCUT2D eigenvalue weighted by molar-refractivity contribution is 6.30. The van der Waals surface area contributed by atoms with Crippen molar-refractivity contribution in [2.75, 3.05) is 38.7 Å². The molecule has 1 aliphatic rings. The van der Waals surface area contributed by atoms with Gasteiger partial charge in [-0.05, 0) is 42.0 Å². The van der Waals surface area contributed by atoms with E-state index in [-0.39, 0.29) is 25.4 Å². The minimum Gasteiger partial charge on any atom is -0.497 e. The van der Waals surface area contributed by atoms with Gasteiger partial charge in [0, 0.05) is 30.3 Å². The van der Waals surface area contributed by atoms with E-state index in [0.717, 1.165) is 5.56 Å². The van der Waals surface area contributed by atoms with Crippen molar-refractivity contribution in [2.24, 2.45) is 0 Å². The Hall–Kier alpha value is -2.49. The molecule has 0 spiro atoms. The van der Waals surface area contributed by atoms with E-state index < -0.39 is 31.0 Å². The number of morpholine rings is 1. The summed E-state index contributed by atoms with van der Waals surface area (Å²) in [6.45, 7) is 0.266. The second kappa shape index (κ2) is 10.2. The van der Waals surface area contributed by atoms with Crippen LogP contribution in [0, 0.1) is 0 Å². The zero-order valence-electron chi connectivity index (χ0n) is 16.7. The summed E-state index contributed by atoms with van der Waals surface area (Å²) in [5.41, 5.74) is 1.08. The molecule has 31 heavy (non-hydrogen) atoms. The van der Waals surface area contributed by atoms with Gasteiger partial charge in [-0.2, -0.15) is 13.2 Å². The molecule has 168 valence electrons. The minimum atomic E-state index is -4.72. The van der Waals surface area contributed by atoms with E-state index in [4.69, 9.17) is 25.8 Å². The van der Waals surface area contributed by atoms with Crippen molar-refractivity contribution in [1.29, 1.82) is 0 Å². The second-order valence-corrected chi connectivity index (χ2v) is 7.40. The lowest BCUT2D eigenvalue weighted by Crippen LogP contribution is -2.48. The normalized spacial score (nSPS) is 18.3. The summed E-state index contributed by atoms with van der Waals surface area (Å²) in [7, 11) is 1.54. The molecule has 1 N–H and O–H groups in total. The van der Waals surface area contributed by atoms with Gasteiger partial charge in [0.1, 0.15) is 5.75 Å². The molecule has 0 aliphatic carbocycles. The van der Waals surface area contributed by atoms with Crippen LogP contribution in [0.3, 0.4) is 0 Å². The van der Waals surface area contributed by atoms with Crippen LogP contribution < -0.4 is 10.1 Å². The topological polar surface area (TPSA) is 60.0 Å². The number of benzene rings is 2. The Kier molecular flexibility index (Phi) is 7.64. The molecule has 2 atom stereocenters. The predicted octanol–water partition coefficient (Wildman–Crippen LogP) is 4.90. The standard InChI is InChI=1S/C21H22ClF3N2O4/c1-29-17-4-2-3-14(11-17)18-12-27(9-10-30-18)13-19(21(23,24)25)31-20(28)26-16-7-5-15(22)6-8-16/h2-8,11,18-19H,9-10,12-13H2,1H3,(H,26,28)/t18-,19+/m1/s1. The van der Waals surface area contributed by atoms with Crippen molar-refractivity contribution < 1.29 is 32.2 Å². The van der Waals surface area contributed by atoms with Gasteiger partial charge in [0.25, 0.3) is 0 Å². The Balaban J connectivity index is 1.63. The fraction of sp³-hybridized carbons (Fsp3) is 0.381. The number of anilines is 1. The Morgan fingerprint density at radius 3 is 2.71 bits per heavy atom. The fourth-order valence-electron chi connectivity index (χ4n) is 3.16. The zero-order chi connectivity index (χ0) is 22.4. The van der Waals surface area contributed by atoms with E-state index in [0.29, 0.717) is 10.8 Å². The van der Waals surface area contributed by atoms with Gasteiger partial charge in [0.2, 0.25) is 6.10 Å². The molecule has 10 heteroatoms. The number of rotatable bonds is 6. The minimum absolute atomic E-state index is 0.224. The van der Waals surface area contributed by atoms with Crippen LogP contribution in [-0.2, 0) is 9.47 Å². The first-order chi connectivity index (χ1) is 14.7. The first kappa shape index (κ1) is 23.2. The Bertz CT molecular complexity index is 880. The highest BCUT2D eigenvalue weighted by Gasteiger charge is 2.44. The highest BCUT2D eigenvalue weighted by atomic mass is 35.5. The third-order valence-corrected chi connectivity index (χ3v) is 5.00. The van der Waals surface area contributed by atoms with Gasteiger partial charge in [0.05, 0.1) is 19.8 Å². The monoisotopic (exact) mass is 458 g/mol. The summed E-state index contributed by atoms with van der Waals surface area (Å²) in [5, 5.41) is 2.71. The third-order valence-electron chi connectivity index (χ3n) is 4.75. The summed E-state index contributed by atoms with van der Waals surface area (Å²) in [5.74, 6) is 0.633. The van der Waals surface area contributed by atoms with Gasteiger partial charge in [-0.1, -0.05) is 23.7 Å². The Labute approximate surface area is 182 Å². The van der Waals surface area contributed by atoms with E-state index in [2.05, 4.69) is 5.32 Å². The lowest BCUT2D eigenvalue weighted by molar-refractivity contribution is -0.209. The Morgan fingerprint density at radius 1 is 1.29 bits per heavy atom. The average molecular weight is 459 g/mol. The van der Waals surface area contributed by atoms with Gasteiger partial charge < -0.3 is 14.2 Å². The van der Waals surface area contributed by atoms with Crippen LogP contribution in [0.25, 0.3) is 0 Å². The van der Waals surface area contributed by atoms with Crippen molar-refractivity contribution in [1.82, 2.24) is 4.90 Å². The molecule has 6 nitrogen and oxygen atoms in total. The molecule has 1 heterocycles. The number of hydrogen-bond donors (Lipinski definition) is 1. The quantitative estimate of drug-likeness (QED) is 0.667. The molecule has 1 aliphatic heterocycles. The van der Waals surface area contributed by atoms with Gasteiger partial charge in [-0.25, -0.2) is 4.79 Å². The van der Waals surface area contributed by atoms with Gasteiger partial charge in [0.15, 0.2) is 0 Å². The van der Waals surface area contributed by atoms with E-state index in [1.165, 1.54) is 31.4 Å². The van der Waals surface area contributed by atoms with Gasteiger partial charge in [-0.15, -0.1) is 0 Å². The van der Waals surface area contributed by atoms with Gasteiger partial charge in [-0.3, -0.25) is 10.2 Å². The van der Waals surface area contributed by atoms with Crippen molar-refractivity contribution in [3.63, 3.8) is 0 Å². The van der Waals surface area contributed by atoms with Crippen LogP contribution in [0.5, 0.6) is 5.75 Å². The maximum Gasteiger partial charge on any atom is 0.426 e. The first-order valence-corrected chi connectivity index (χ1v) is 9.90. The smallest absolute Gasteiger partial charge is 0.426 e. The predicted molar refractivity (Wildman–Crippen MR) is 110 cm³/mol. The van der Waals surface area contributed by atoms with Crippen molar-refractivity contribution >= 4 is 23.4 Å². The third kappa shape index (κ3) is 6.75. The number of carbonyl (C=O) groups is 1. The largest absolute Gasteiger partial charge is 0.497 e. The average Bonchev–Trinajstić information content (AvgIpc) is 2.74. The number of hydrogen-bond acceptors (Lipinski definition) is 5. The molecule has 1 fully saturated rings. The van der Waals surface area contributed by atoms with Crippen LogP contribution in [0.1, 0.15) is 11.7 Å². The van der Waals surface area contributed by atoms with Crippen LogP contribution in [0.2, 0.25) is 5.02 Å². The van der Waals surface area contributed by atoms with E-state index >= 15 is 0 Å². The van der Waals surface area contributed by atoms with Crippen LogP contribution >= 0.6 is 11.6 Å². The number of halogens is 4. The molecule has 0 radical (unpaired) electrons. The molecule has 2 aromatic carbocycles. The summed E-state index contributed by atoms with van der Waals surface area (Å²) in [6.07, 6.45) is -8.62. The number of nitrogens with one attached hydrogen (secondary N) is 1. The maximum atomic E-state index is 13.5. The second-order valence-electron chi connectivity index (χ2n) is 6.96. The SMILES string of the molecule is COc1cccc([C@H]2CN(C[C@H](OC(=O)Nc3ccc(Cl)cc3)C(F)(F)F)CCO2)c1. The van der Waals surface area contributed by atoms with Crippen molar-refractivity contribution in [3.8, 4) is 5.75 Å². The fourth-order valence-corrected chi connectivity index (χ4v) is 3.29. The first-order valence-electron chi connectivity index (χ1n) is 9.52. The van der Waals surface area contributed by atoms with Crippen LogP contribution in [-0.4, -0.2) is 56.6 Å². The number of nitrogens with zero attached hydrogens (tertiary/aromatic N) is 1. The Morgan fingerprint density at radius 2 is 2.03 bits per heavy atom. The van der Waals surface area contributed by atoms with E-state index in [9.17, 15) is 18.0 Å². The summed E-state index contributed by atoms with van der Waals surface area (Å²) < 4.78 is 56.3. The highest BCUT2D eigenvalue weighted by Crippen LogP contribution is 2.29. The number of amides is 1.